The van der Waals surface area contributed by atoms with Gasteiger partial charge in [-0.1, -0.05) is 27.5 Å². The predicted molar refractivity (Wildman–Crippen MR) is 79.1 cm³/mol. The van der Waals surface area contributed by atoms with E-state index in [1.165, 1.54) is 0 Å². The van der Waals surface area contributed by atoms with Crippen molar-refractivity contribution in [2.45, 2.75) is 25.8 Å². The maximum Gasteiger partial charge on any atom is 0.252 e. The lowest BCUT2D eigenvalue weighted by atomic mass is 10.0. The Morgan fingerprint density at radius 1 is 1.47 bits per heavy atom. The summed E-state index contributed by atoms with van der Waals surface area (Å²) >= 11 is 12.6. The zero-order chi connectivity index (χ0) is 13.1. The van der Waals surface area contributed by atoms with Crippen LogP contribution in [0.3, 0.4) is 0 Å². The molecule has 0 fully saturated rings. The Hall–Kier alpha value is -0.0600. The normalized spacial score (nSPS) is 11.4. The van der Waals surface area contributed by atoms with Crippen molar-refractivity contribution in [3.63, 3.8) is 0 Å². The number of alkyl halides is 1. The third kappa shape index (κ3) is 4.60. The van der Waals surface area contributed by atoms with Crippen molar-refractivity contribution < 1.29 is 4.79 Å². The predicted octanol–water partition coefficient (Wildman–Crippen LogP) is 4.40. The number of carbonyl (C=O) groups excluding carboxylic acids is 1. The first-order valence-corrected chi connectivity index (χ1v) is 7.48. The number of carbonyl (C=O) groups is 1. The highest BCUT2D eigenvalue weighted by atomic mass is 79.9. The minimum Gasteiger partial charge on any atom is -0.347 e. The smallest absolute Gasteiger partial charge is 0.252 e. The molecule has 0 saturated heterocycles. The first kappa shape index (κ1) is 15.0. The Labute approximate surface area is 123 Å². The van der Waals surface area contributed by atoms with Gasteiger partial charge < -0.3 is 5.32 Å². The van der Waals surface area contributed by atoms with Gasteiger partial charge in [0.15, 0.2) is 0 Å². The molecule has 1 rings (SSSR count). The lowest BCUT2D eigenvalue weighted by Gasteiger charge is -2.25. The summed E-state index contributed by atoms with van der Waals surface area (Å²) in [4.78, 5) is 12.1. The third-order valence-electron chi connectivity index (χ3n) is 2.35. The summed E-state index contributed by atoms with van der Waals surface area (Å²) in [5.74, 6) is -0.0977. The van der Waals surface area contributed by atoms with Gasteiger partial charge in [0, 0.05) is 20.4 Å². The first-order valence-electron chi connectivity index (χ1n) is 5.19. The van der Waals surface area contributed by atoms with Crippen molar-refractivity contribution in [1.29, 1.82) is 0 Å². The van der Waals surface area contributed by atoms with Crippen LogP contribution in [0.2, 0.25) is 5.02 Å². The summed E-state index contributed by atoms with van der Waals surface area (Å²) in [5.41, 5.74) is 0.358. The van der Waals surface area contributed by atoms with Gasteiger partial charge in [-0.25, -0.2) is 0 Å². The van der Waals surface area contributed by atoms with Crippen molar-refractivity contribution >= 4 is 49.4 Å². The molecule has 0 aliphatic carbocycles. The summed E-state index contributed by atoms with van der Waals surface area (Å²) in [6, 6.07) is 5.14. The minimum atomic E-state index is -0.236. The summed E-state index contributed by atoms with van der Waals surface area (Å²) in [7, 11) is 0. The molecule has 0 aromatic heterocycles. The first-order chi connectivity index (χ1) is 7.85. The summed E-state index contributed by atoms with van der Waals surface area (Å²) in [6.07, 6.45) is 0.865. The van der Waals surface area contributed by atoms with Crippen LogP contribution in [-0.4, -0.2) is 16.8 Å². The van der Waals surface area contributed by atoms with Crippen molar-refractivity contribution in [1.82, 2.24) is 5.32 Å². The van der Waals surface area contributed by atoms with Gasteiger partial charge in [-0.2, -0.15) is 0 Å². The lowest BCUT2D eigenvalue weighted by molar-refractivity contribution is 0.0911. The maximum absolute atomic E-state index is 12.1. The Kier molecular flexibility index (Phi) is 5.48. The molecule has 5 heteroatoms. The molecule has 0 aliphatic heterocycles. The van der Waals surface area contributed by atoms with E-state index < -0.39 is 0 Å². The molecule has 0 saturated carbocycles. The van der Waals surface area contributed by atoms with Crippen LogP contribution in [0, 0.1) is 0 Å². The lowest BCUT2D eigenvalue weighted by Crippen LogP contribution is -2.43. The van der Waals surface area contributed by atoms with E-state index in [1.807, 2.05) is 13.8 Å². The second-order valence-corrected chi connectivity index (χ2v) is 6.48. The summed E-state index contributed by atoms with van der Waals surface area (Å²) in [6.45, 7) is 3.99. The van der Waals surface area contributed by atoms with Crippen LogP contribution >= 0.6 is 43.5 Å². The average molecular weight is 384 g/mol. The van der Waals surface area contributed by atoms with E-state index >= 15 is 0 Å². The van der Waals surface area contributed by atoms with Gasteiger partial charge >= 0.3 is 0 Å². The van der Waals surface area contributed by atoms with Crippen LogP contribution in [0.5, 0.6) is 0 Å². The molecule has 0 unspecified atom stereocenters. The van der Waals surface area contributed by atoms with Gasteiger partial charge in [0.25, 0.3) is 5.91 Å². The highest BCUT2D eigenvalue weighted by Gasteiger charge is 2.21. The van der Waals surface area contributed by atoms with E-state index in [-0.39, 0.29) is 11.4 Å². The van der Waals surface area contributed by atoms with Gasteiger partial charge in [0.1, 0.15) is 0 Å². The summed E-state index contributed by atoms with van der Waals surface area (Å²) < 4.78 is 0.706. The average Bonchev–Trinajstić information content (AvgIpc) is 2.15. The molecule has 1 aromatic carbocycles. The standard InChI is InChI=1S/C12H14Br2ClNO/c1-12(2,5-6-13)16-11(17)9-4-3-8(15)7-10(9)14/h3-4,7H,5-6H2,1-2H3,(H,16,17). The van der Waals surface area contributed by atoms with Crippen LogP contribution in [0.4, 0.5) is 0 Å². The molecule has 94 valence electrons. The van der Waals surface area contributed by atoms with Gasteiger partial charge in [0.05, 0.1) is 5.56 Å². The molecule has 0 heterocycles. The Morgan fingerprint density at radius 3 is 2.65 bits per heavy atom. The zero-order valence-corrected chi connectivity index (χ0v) is 13.6. The van der Waals surface area contributed by atoms with Crippen molar-refractivity contribution in [2.24, 2.45) is 0 Å². The Bertz CT molecular complexity index is 421. The second kappa shape index (κ2) is 6.21. The fraction of sp³-hybridized carbons (Fsp3) is 0.417. The fourth-order valence-corrected chi connectivity index (χ4v) is 3.20. The number of amides is 1. The number of halogens is 3. The highest BCUT2D eigenvalue weighted by molar-refractivity contribution is 9.10. The van der Waals surface area contributed by atoms with E-state index in [0.717, 1.165) is 11.8 Å². The van der Waals surface area contributed by atoms with E-state index in [9.17, 15) is 4.79 Å². The number of hydrogen-bond donors (Lipinski definition) is 1. The number of rotatable bonds is 4. The zero-order valence-electron chi connectivity index (χ0n) is 9.69. The van der Waals surface area contributed by atoms with Crippen LogP contribution in [-0.2, 0) is 0 Å². The molecule has 0 bridgehead atoms. The number of benzene rings is 1. The topological polar surface area (TPSA) is 29.1 Å². The van der Waals surface area contributed by atoms with Crippen LogP contribution in [0.25, 0.3) is 0 Å². The molecule has 0 aliphatic rings. The SMILES string of the molecule is CC(C)(CCBr)NC(=O)c1ccc(Cl)cc1Br. The molecule has 1 amide bonds. The molecule has 2 nitrogen and oxygen atoms in total. The molecule has 1 N–H and O–H groups in total. The minimum absolute atomic E-state index is 0.0977. The Balaban J connectivity index is 2.83. The fourth-order valence-electron chi connectivity index (χ4n) is 1.35. The second-order valence-electron chi connectivity index (χ2n) is 4.40. The number of hydrogen-bond acceptors (Lipinski definition) is 1. The van der Waals surface area contributed by atoms with Crippen molar-refractivity contribution in [3.05, 3.63) is 33.3 Å². The van der Waals surface area contributed by atoms with Crippen LogP contribution < -0.4 is 5.32 Å². The summed E-state index contributed by atoms with van der Waals surface area (Å²) in [5, 5.41) is 4.45. The van der Waals surface area contributed by atoms with Crippen LogP contribution in [0.1, 0.15) is 30.6 Å². The van der Waals surface area contributed by atoms with Gasteiger partial charge in [-0.15, -0.1) is 0 Å². The van der Waals surface area contributed by atoms with Crippen molar-refractivity contribution in [2.75, 3.05) is 5.33 Å². The highest BCUT2D eigenvalue weighted by Crippen LogP contribution is 2.22. The molecule has 0 radical (unpaired) electrons. The van der Waals surface area contributed by atoms with E-state index in [1.54, 1.807) is 18.2 Å². The van der Waals surface area contributed by atoms with Gasteiger partial charge in [0.2, 0.25) is 0 Å². The molecular formula is C12H14Br2ClNO. The van der Waals surface area contributed by atoms with Gasteiger partial charge in [-0.05, 0) is 54.4 Å². The molecule has 0 atom stereocenters. The van der Waals surface area contributed by atoms with E-state index in [0.29, 0.717) is 15.1 Å². The molecule has 0 spiro atoms. The molecular weight excluding hydrogens is 369 g/mol. The largest absolute Gasteiger partial charge is 0.347 e. The van der Waals surface area contributed by atoms with Crippen LogP contribution in [0.15, 0.2) is 22.7 Å². The van der Waals surface area contributed by atoms with E-state index in [4.69, 9.17) is 11.6 Å². The quantitative estimate of drug-likeness (QED) is 0.768. The number of nitrogens with one attached hydrogen (secondary N) is 1. The van der Waals surface area contributed by atoms with Gasteiger partial charge in [-0.3, -0.25) is 4.79 Å². The Morgan fingerprint density at radius 2 is 2.12 bits per heavy atom. The molecule has 17 heavy (non-hydrogen) atoms. The van der Waals surface area contributed by atoms with Crippen molar-refractivity contribution in [3.8, 4) is 0 Å². The monoisotopic (exact) mass is 381 g/mol. The third-order valence-corrected chi connectivity index (χ3v) is 3.63. The molecule has 1 aromatic rings. The maximum atomic E-state index is 12.1. The van der Waals surface area contributed by atoms with E-state index in [2.05, 4.69) is 37.2 Å².